The van der Waals surface area contributed by atoms with Crippen LogP contribution in [0, 0.1) is 11.8 Å². The van der Waals surface area contributed by atoms with E-state index in [1.54, 1.807) is 7.11 Å². The Morgan fingerprint density at radius 3 is 2.78 bits per heavy atom. The van der Waals surface area contributed by atoms with Gasteiger partial charge in [0, 0.05) is 26.2 Å². The van der Waals surface area contributed by atoms with Gasteiger partial charge in [0.25, 0.3) is 0 Å². The molecule has 4 atom stereocenters. The first kappa shape index (κ1) is 15.9. The molecule has 0 spiro atoms. The van der Waals surface area contributed by atoms with Crippen molar-refractivity contribution in [1.82, 2.24) is 4.90 Å². The van der Waals surface area contributed by atoms with Crippen LogP contribution in [-0.4, -0.2) is 56.0 Å². The summed E-state index contributed by atoms with van der Waals surface area (Å²) >= 11 is 0. The van der Waals surface area contributed by atoms with Crippen LogP contribution in [0.1, 0.15) is 32.6 Å². The minimum absolute atomic E-state index is 0.329. The van der Waals surface area contributed by atoms with Crippen LogP contribution >= 0.6 is 0 Å². The van der Waals surface area contributed by atoms with Crippen LogP contribution in [-0.2, 0) is 4.74 Å². The molecular formula is C14H30N2O2. The molecule has 4 nitrogen and oxygen atoms in total. The third kappa shape index (κ3) is 5.22. The van der Waals surface area contributed by atoms with Gasteiger partial charge in [-0.2, -0.15) is 0 Å². The minimum Gasteiger partial charge on any atom is -0.389 e. The molecular weight excluding hydrogens is 228 g/mol. The zero-order chi connectivity index (χ0) is 13.5. The summed E-state index contributed by atoms with van der Waals surface area (Å²) in [7, 11) is 3.67. The molecule has 0 bridgehead atoms. The van der Waals surface area contributed by atoms with E-state index in [-0.39, 0.29) is 0 Å². The Balaban J connectivity index is 2.34. The molecule has 0 amide bonds. The SMILES string of the molecule is CCC1CCC(N)C(CN(C)CC(O)COC)C1. The second-order valence-electron chi connectivity index (χ2n) is 5.84. The molecule has 4 heteroatoms. The quantitative estimate of drug-likeness (QED) is 0.717. The highest BCUT2D eigenvalue weighted by Crippen LogP contribution is 2.30. The van der Waals surface area contributed by atoms with Crippen molar-refractivity contribution in [3.05, 3.63) is 0 Å². The van der Waals surface area contributed by atoms with Crippen LogP contribution in [0.25, 0.3) is 0 Å². The fourth-order valence-corrected chi connectivity index (χ4v) is 3.05. The molecule has 0 saturated heterocycles. The van der Waals surface area contributed by atoms with Crippen LogP contribution in [0.3, 0.4) is 0 Å². The fourth-order valence-electron chi connectivity index (χ4n) is 3.05. The van der Waals surface area contributed by atoms with Crippen molar-refractivity contribution in [2.45, 2.75) is 44.8 Å². The fraction of sp³-hybridized carbons (Fsp3) is 1.00. The lowest BCUT2D eigenvalue weighted by Gasteiger charge is -2.36. The maximum Gasteiger partial charge on any atom is 0.0899 e. The van der Waals surface area contributed by atoms with E-state index in [0.29, 0.717) is 25.1 Å². The topological polar surface area (TPSA) is 58.7 Å². The second kappa shape index (κ2) is 8.10. The molecule has 18 heavy (non-hydrogen) atoms. The highest BCUT2D eigenvalue weighted by molar-refractivity contribution is 4.84. The van der Waals surface area contributed by atoms with Gasteiger partial charge in [-0.1, -0.05) is 13.3 Å². The highest BCUT2D eigenvalue weighted by atomic mass is 16.5. The maximum atomic E-state index is 9.72. The van der Waals surface area contributed by atoms with Gasteiger partial charge in [0.05, 0.1) is 12.7 Å². The summed E-state index contributed by atoms with van der Waals surface area (Å²) in [5.74, 6) is 1.41. The van der Waals surface area contributed by atoms with E-state index in [4.69, 9.17) is 10.5 Å². The summed E-state index contributed by atoms with van der Waals surface area (Å²) in [6.45, 7) is 4.32. The van der Waals surface area contributed by atoms with Gasteiger partial charge in [-0.05, 0) is 38.1 Å². The molecule has 1 saturated carbocycles. The van der Waals surface area contributed by atoms with Gasteiger partial charge in [-0.25, -0.2) is 0 Å². The number of nitrogens with zero attached hydrogens (tertiary/aromatic N) is 1. The molecule has 4 unspecified atom stereocenters. The van der Waals surface area contributed by atoms with Gasteiger partial charge in [0.2, 0.25) is 0 Å². The minimum atomic E-state index is -0.401. The number of likely N-dealkylation sites (N-methyl/N-ethyl adjacent to an activating group) is 1. The average Bonchev–Trinajstić information content (AvgIpc) is 2.32. The lowest BCUT2D eigenvalue weighted by atomic mass is 9.77. The van der Waals surface area contributed by atoms with Gasteiger partial charge in [-0.3, -0.25) is 0 Å². The van der Waals surface area contributed by atoms with Crippen LogP contribution in [0.15, 0.2) is 0 Å². The van der Waals surface area contributed by atoms with E-state index in [9.17, 15) is 5.11 Å². The molecule has 0 aromatic heterocycles. The largest absolute Gasteiger partial charge is 0.389 e. The molecule has 1 rings (SSSR count). The molecule has 0 aromatic rings. The van der Waals surface area contributed by atoms with Crippen LogP contribution < -0.4 is 5.73 Å². The number of methoxy groups -OCH3 is 1. The molecule has 1 aliphatic rings. The zero-order valence-electron chi connectivity index (χ0n) is 12.1. The lowest BCUT2D eigenvalue weighted by molar-refractivity contribution is 0.0368. The monoisotopic (exact) mass is 258 g/mol. The number of aliphatic hydroxyl groups is 1. The van der Waals surface area contributed by atoms with Gasteiger partial charge >= 0.3 is 0 Å². The van der Waals surface area contributed by atoms with Crippen molar-refractivity contribution in [3.8, 4) is 0 Å². The Hall–Kier alpha value is -0.160. The zero-order valence-corrected chi connectivity index (χ0v) is 12.1. The van der Waals surface area contributed by atoms with Crippen molar-refractivity contribution in [1.29, 1.82) is 0 Å². The predicted octanol–water partition coefficient (Wildman–Crippen LogP) is 1.08. The first-order valence-electron chi connectivity index (χ1n) is 7.17. The standard InChI is InChI=1S/C14H30N2O2/c1-4-11-5-6-14(15)12(7-11)8-16(2)9-13(17)10-18-3/h11-14,17H,4-10,15H2,1-3H3. The van der Waals surface area contributed by atoms with Crippen molar-refractivity contribution in [2.24, 2.45) is 17.6 Å². The third-order valence-corrected chi connectivity index (χ3v) is 4.15. The van der Waals surface area contributed by atoms with Gasteiger partial charge in [-0.15, -0.1) is 0 Å². The van der Waals surface area contributed by atoms with Crippen molar-refractivity contribution in [3.63, 3.8) is 0 Å². The van der Waals surface area contributed by atoms with E-state index < -0.39 is 6.10 Å². The van der Waals surface area contributed by atoms with E-state index in [2.05, 4.69) is 18.9 Å². The maximum absolute atomic E-state index is 9.72. The second-order valence-corrected chi connectivity index (χ2v) is 5.84. The van der Waals surface area contributed by atoms with Crippen LogP contribution in [0.5, 0.6) is 0 Å². The number of nitrogens with two attached hydrogens (primary N) is 1. The summed E-state index contributed by atoms with van der Waals surface area (Å²) in [6, 6.07) is 0.329. The molecule has 3 N–H and O–H groups in total. The number of hydrogen-bond acceptors (Lipinski definition) is 4. The van der Waals surface area contributed by atoms with Crippen molar-refractivity contribution < 1.29 is 9.84 Å². The molecule has 0 radical (unpaired) electrons. The predicted molar refractivity (Wildman–Crippen MR) is 74.5 cm³/mol. The van der Waals surface area contributed by atoms with Crippen LogP contribution in [0.4, 0.5) is 0 Å². The van der Waals surface area contributed by atoms with E-state index in [1.165, 1.54) is 19.3 Å². The van der Waals surface area contributed by atoms with Crippen LogP contribution in [0.2, 0.25) is 0 Å². The van der Waals surface area contributed by atoms with Crippen molar-refractivity contribution >= 4 is 0 Å². The Labute approximate surface area is 111 Å². The normalized spacial score (nSPS) is 30.7. The van der Waals surface area contributed by atoms with Gasteiger partial charge in [0.15, 0.2) is 0 Å². The molecule has 0 aliphatic heterocycles. The Morgan fingerprint density at radius 1 is 1.44 bits per heavy atom. The molecule has 108 valence electrons. The third-order valence-electron chi connectivity index (χ3n) is 4.15. The van der Waals surface area contributed by atoms with E-state index >= 15 is 0 Å². The Kier molecular flexibility index (Phi) is 7.15. The number of aliphatic hydroxyl groups excluding tert-OH is 1. The van der Waals surface area contributed by atoms with Gasteiger partial charge in [0.1, 0.15) is 0 Å². The first-order chi connectivity index (χ1) is 8.56. The summed E-state index contributed by atoms with van der Waals surface area (Å²) < 4.78 is 4.95. The Bertz CT molecular complexity index is 226. The molecule has 1 aliphatic carbocycles. The number of rotatable bonds is 7. The number of hydrogen-bond donors (Lipinski definition) is 2. The molecule has 1 fully saturated rings. The van der Waals surface area contributed by atoms with E-state index in [1.807, 2.05) is 0 Å². The highest BCUT2D eigenvalue weighted by Gasteiger charge is 2.28. The first-order valence-corrected chi connectivity index (χ1v) is 7.17. The summed E-state index contributed by atoms with van der Waals surface area (Å²) in [5.41, 5.74) is 6.22. The smallest absolute Gasteiger partial charge is 0.0899 e. The Morgan fingerprint density at radius 2 is 2.17 bits per heavy atom. The molecule has 0 heterocycles. The summed E-state index contributed by atoms with van der Waals surface area (Å²) in [6.07, 6.45) is 4.53. The summed E-state index contributed by atoms with van der Waals surface area (Å²) in [4.78, 5) is 2.19. The summed E-state index contributed by atoms with van der Waals surface area (Å²) in [5, 5.41) is 9.72. The average molecular weight is 258 g/mol. The lowest BCUT2D eigenvalue weighted by Crippen LogP contribution is -2.44. The van der Waals surface area contributed by atoms with Gasteiger partial charge < -0.3 is 20.5 Å². The number of ether oxygens (including phenoxy) is 1. The molecule has 0 aromatic carbocycles. The van der Waals surface area contributed by atoms with E-state index in [0.717, 1.165) is 18.9 Å². The van der Waals surface area contributed by atoms with Crippen molar-refractivity contribution in [2.75, 3.05) is 33.9 Å².